The van der Waals surface area contributed by atoms with Gasteiger partial charge in [-0.15, -0.1) is 0 Å². The van der Waals surface area contributed by atoms with Crippen molar-refractivity contribution in [2.45, 2.75) is 70.8 Å². The van der Waals surface area contributed by atoms with Crippen molar-refractivity contribution in [2.24, 2.45) is 11.1 Å². The minimum atomic E-state index is -0.857. The van der Waals surface area contributed by atoms with Crippen LogP contribution in [-0.2, 0) is 9.59 Å². The van der Waals surface area contributed by atoms with E-state index in [2.05, 4.69) is 5.32 Å². The van der Waals surface area contributed by atoms with E-state index >= 15 is 0 Å². The highest BCUT2D eigenvalue weighted by molar-refractivity contribution is 5.79. The molecule has 1 rings (SSSR count). The summed E-state index contributed by atoms with van der Waals surface area (Å²) in [5, 5.41) is 12.1. The molecule has 1 aliphatic rings. The summed E-state index contributed by atoms with van der Waals surface area (Å²) in [6.45, 7) is 3.87. The fourth-order valence-corrected chi connectivity index (χ4v) is 2.96. The van der Waals surface area contributed by atoms with Crippen LogP contribution in [-0.4, -0.2) is 29.1 Å². The lowest BCUT2D eigenvalue weighted by Crippen LogP contribution is -2.48. The molecule has 5 nitrogen and oxygen atoms in total. The van der Waals surface area contributed by atoms with E-state index in [1.165, 1.54) is 6.42 Å². The summed E-state index contributed by atoms with van der Waals surface area (Å²) in [6, 6.07) is 0. The molecule has 1 saturated carbocycles. The monoisotopic (exact) mass is 284 g/mol. The van der Waals surface area contributed by atoms with E-state index in [1.807, 2.05) is 13.8 Å². The van der Waals surface area contributed by atoms with Crippen molar-refractivity contribution < 1.29 is 14.7 Å². The summed E-state index contributed by atoms with van der Waals surface area (Å²) in [6.07, 6.45) is 6.42. The summed E-state index contributed by atoms with van der Waals surface area (Å²) >= 11 is 0. The maximum absolute atomic E-state index is 12.0. The Labute approximate surface area is 121 Å². The lowest BCUT2D eigenvalue weighted by Gasteiger charge is -2.33. The van der Waals surface area contributed by atoms with Crippen molar-refractivity contribution >= 4 is 11.9 Å². The first-order chi connectivity index (χ1) is 9.37. The average Bonchev–Trinajstić information content (AvgIpc) is 2.40. The lowest BCUT2D eigenvalue weighted by molar-refractivity contribution is -0.149. The van der Waals surface area contributed by atoms with Gasteiger partial charge in [-0.25, -0.2) is 0 Å². The van der Waals surface area contributed by atoms with Gasteiger partial charge in [0, 0.05) is 18.5 Å². The molecule has 20 heavy (non-hydrogen) atoms. The standard InChI is InChI=1S/C15H28N2O3/c1-3-14(4-2,13(19)20)11-17-12(18)10-15(16)8-6-5-7-9-15/h3-11,16H2,1-2H3,(H,17,18)(H,19,20). The SMILES string of the molecule is CCC(CC)(CNC(=O)CC1(N)CCCCC1)C(=O)O. The van der Waals surface area contributed by atoms with Crippen molar-refractivity contribution in [3.8, 4) is 0 Å². The number of aliphatic carboxylic acids is 1. The van der Waals surface area contributed by atoms with Gasteiger partial charge in [-0.1, -0.05) is 33.1 Å². The molecule has 0 saturated heterocycles. The first-order valence-electron chi connectivity index (χ1n) is 7.66. The smallest absolute Gasteiger partial charge is 0.311 e. The number of hydrogen-bond acceptors (Lipinski definition) is 3. The molecule has 0 spiro atoms. The Balaban J connectivity index is 2.51. The predicted molar refractivity (Wildman–Crippen MR) is 78.3 cm³/mol. The third-order valence-electron chi connectivity index (χ3n) is 4.79. The van der Waals surface area contributed by atoms with Gasteiger partial charge in [-0.3, -0.25) is 9.59 Å². The second-order valence-electron chi connectivity index (χ2n) is 6.17. The topological polar surface area (TPSA) is 92.4 Å². The summed E-state index contributed by atoms with van der Waals surface area (Å²) in [5.41, 5.74) is 4.99. The Morgan fingerprint density at radius 2 is 1.75 bits per heavy atom. The van der Waals surface area contributed by atoms with Crippen LogP contribution in [0.3, 0.4) is 0 Å². The second kappa shape index (κ2) is 7.07. The van der Waals surface area contributed by atoms with Crippen LogP contribution in [0.2, 0.25) is 0 Å². The molecule has 5 heteroatoms. The number of hydrogen-bond donors (Lipinski definition) is 3. The largest absolute Gasteiger partial charge is 0.481 e. The van der Waals surface area contributed by atoms with E-state index in [-0.39, 0.29) is 12.5 Å². The Morgan fingerprint density at radius 1 is 1.20 bits per heavy atom. The van der Waals surface area contributed by atoms with Gasteiger partial charge >= 0.3 is 5.97 Å². The highest BCUT2D eigenvalue weighted by Gasteiger charge is 2.36. The van der Waals surface area contributed by atoms with Gasteiger partial charge in [-0.05, 0) is 25.7 Å². The Morgan fingerprint density at radius 3 is 2.20 bits per heavy atom. The zero-order valence-corrected chi connectivity index (χ0v) is 12.7. The Bertz CT molecular complexity index is 345. The fourth-order valence-electron chi connectivity index (χ4n) is 2.96. The minimum Gasteiger partial charge on any atom is -0.481 e. The van der Waals surface area contributed by atoms with Crippen molar-refractivity contribution in [2.75, 3.05) is 6.54 Å². The summed E-state index contributed by atoms with van der Waals surface area (Å²) in [5.74, 6) is -0.968. The third kappa shape index (κ3) is 4.20. The molecule has 116 valence electrons. The van der Waals surface area contributed by atoms with E-state index in [1.54, 1.807) is 0 Å². The number of carbonyl (C=O) groups is 2. The third-order valence-corrected chi connectivity index (χ3v) is 4.79. The lowest BCUT2D eigenvalue weighted by atomic mass is 9.79. The fraction of sp³-hybridized carbons (Fsp3) is 0.867. The molecule has 1 fully saturated rings. The van der Waals surface area contributed by atoms with Crippen LogP contribution in [0.4, 0.5) is 0 Å². The maximum Gasteiger partial charge on any atom is 0.311 e. The molecule has 0 aliphatic heterocycles. The number of carboxylic acid groups (broad SMARTS) is 1. The molecule has 0 aromatic carbocycles. The number of carboxylic acids is 1. The molecular formula is C15H28N2O3. The average molecular weight is 284 g/mol. The molecule has 0 atom stereocenters. The van der Waals surface area contributed by atoms with E-state index < -0.39 is 16.9 Å². The number of nitrogens with two attached hydrogens (primary N) is 1. The van der Waals surface area contributed by atoms with Crippen LogP contribution in [0, 0.1) is 5.41 Å². The van der Waals surface area contributed by atoms with Crippen molar-refractivity contribution in [1.82, 2.24) is 5.32 Å². The van der Waals surface area contributed by atoms with Gasteiger partial charge in [0.2, 0.25) is 5.91 Å². The molecule has 0 aromatic heterocycles. The minimum absolute atomic E-state index is 0.123. The second-order valence-corrected chi connectivity index (χ2v) is 6.17. The van der Waals surface area contributed by atoms with Crippen LogP contribution in [0.15, 0.2) is 0 Å². The first-order valence-corrected chi connectivity index (χ1v) is 7.66. The van der Waals surface area contributed by atoms with Gasteiger partial charge < -0.3 is 16.2 Å². The highest BCUT2D eigenvalue weighted by atomic mass is 16.4. The summed E-state index contributed by atoms with van der Waals surface area (Å²) in [7, 11) is 0. The Hall–Kier alpha value is -1.10. The van der Waals surface area contributed by atoms with E-state index in [4.69, 9.17) is 5.73 Å². The van der Waals surface area contributed by atoms with Crippen LogP contribution in [0.1, 0.15) is 65.2 Å². The Kier molecular flexibility index (Phi) is 5.99. The molecule has 0 unspecified atom stereocenters. The van der Waals surface area contributed by atoms with E-state index in [0.29, 0.717) is 19.3 Å². The van der Waals surface area contributed by atoms with Gasteiger partial charge in [0.25, 0.3) is 0 Å². The van der Waals surface area contributed by atoms with Gasteiger partial charge in [-0.2, -0.15) is 0 Å². The van der Waals surface area contributed by atoms with Crippen molar-refractivity contribution in [1.29, 1.82) is 0 Å². The van der Waals surface area contributed by atoms with E-state index in [0.717, 1.165) is 25.7 Å². The molecule has 0 aromatic rings. The zero-order valence-electron chi connectivity index (χ0n) is 12.7. The molecule has 1 amide bonds. The van der Waals surface area contributed by atoms with Crippen molar-refractivity contribution in [3.05, 3.63) is 0 Å². The van der Waals surface area contributed by atoms with Gasteiger partial charge in [0.05, 0.1) is 5.41 Å². The van der Waals surface area contributed by atoms with Crippen LogP contribution >= 0.6 is 0 Å². The maximum atomic E-state index is 12.0. The molecular weight excluding hydrogens is 256 g/mol. The predicted octanol–water partition coefficient (Wildman–Crippen LogP) is 2.05. The van der Waals surface area contributed by atoms with Crippen LogP contribution < -0.4 is 11.1 Å². The van der Waals surface area contributed by atoms with Crippen LogP contribution in [0.25, 0.3) is 0 Å². The molecule has 0 bridgehead atoms. The van der Waals surface area contributed by atoms with Gasteiger partial charge in [0.15, 0.2) is 0 Å². The van der Waals surface area contributed by atoms with Gasteiger partial charge in [0.1, 0.15) is 0 Å². The number of rotatable bonds is 7. The molecule has 4 N–H and O–H groups in total. The van der Waals surface area contributed by atoms with Crippen LogP contribution in [0.5, 0.6) is 0 Å². The summed E-state index contributed by atoms with van der Waals surface area (Å²) < 4.78 is 0. The summed E-state index contributed by atoms with van der Waals surface area (Å²) in [4.78, 5) is 23.4. The zero-order chi connectivity index (χ0) is 15.2. The normalized spacial score (nSPS) is 18.6. The molecule has 0 heterocycles. The highest BCUT2D eigenvalue weighted by Crippen LogP contribution is 2.29. The quantitative estimate of drug-likeness (QED) is 0.667. The number of amides is 1. The number of nitrogens with one attached hydrogen (secondary N) is 1. The van der Waals surface area contributed by atoms with Crippen molar-refractivity contribution in [3.63, 3.8) is 0 Å². The first kappa shape index (κ1) is 17.0. The number of carbonyl (C=O) groups excluding carboxylic acids is 1. The van der Waals surface area contributed by atoms with E-state index in [9.17, 15) is 14.7 Å². The molecule has 1 aliphatic carbocycles. The molecule has 0 radical (unpaired) electrons.